The third kappa shape index (κ3) is 4.13. The van der Waals surface area contributed by atoms with E-state index in [1.54, 1.807) is 26.0 Å². The molecule has 0 spiro atoms. The summed E-state index contributed by atoms with van der Waals surface area (Å²) in [7, 11) is 1.45. The van der Waals surface area contributed by atoms with Gasteiger partial charge in [-0.25, -0.2) is 4.79 Å². The maximum Gasteiger partial charge on any atom is 0.342 e. The molecule has 0 bridgehead atoms. The molecule has 21 heavy (non-hydrogen) atoms. The van der Waals surface area contributed by atoms with E-state index < -0.39 is 17.4 Å². The van der Waals surface area contributed by atoms with Crippen LogP contribution in [0.4, 0.5) is 5.69 Å². The van der Waals surface area contributed by atoms with Crippen molar-refractivity contribution in [2.24, 2.45) is 0 Å². The van der Waals surface area contributed by atoms with E-state index in [0.29, 0.717) is 12.1 Å². The lowest BCUT2D eigenvalue weighted by molar-refractivity contribution is -0.134. The van der Waals surface area contributed by atoms with Gasteiger partial charge < -0.3 is 14.9 Å². The fourth-order valence-electron chi connectivity index (χ4n) is 1.52. The number of aliphatic carboxylic acids is 1. The molecule has 0 unspecified atom stereocenters. The molecular weight excluding hydrogens is 274 g/mol. The van der Waals surface area contributed by atoms with Crippen LogP contribution in [0.2, 0.25) is 0 Å². The van der Waals surface area contributed by atoms with Gasteiger partial charge in [0.15, 0.2) is 0 Å². The van der Waals surface area contributed by atoms with Crippen molar-refractivity contribution < 1.29 is 19.5 Å². The van der Waals surface area contributed by atoms with Crippen LogP contribution >= 0.6 is 0 Å². The maximum atomic E-state index is 12.3. The van der Waals surface area contributed by atoms with Crippen molar-refractivity contribution in [1.82, 2.24) is 9.88 Å². The molecule has 0 saturated carbocycles. The van der Waals surface area contributed by atoms with Gasteiger partial charge in [0.25, 0.3) is 5.91 Å². The summed E-state index contributed by atoms with van der Waals surface area (Å²) in [5.74, 6) is -2.12. The number of hydrogen-bond donors (Lipinski definition) is 1. The number of carbonyl (C=O) groups is 3. The third-order valence-corrected chi connectivity index (χ3v) is 2.81. The predicted octanol–water partition coefficient (Wildman–Crippen LogP) is 0.880. The van der Waals surface area contributed by atoms with Gasteiger partial charge in [-0.1, -0.05) is 0 Å². The number of rotatable bonds is 6. The van der Waals surface area contributed by atoms with E-state index in [-0.39, 0.29) is 6.04 Å². The summed E-state index contributed by atoms with van der Waals surface area (Å²) in [6, 6.07) is 2.91. The summed E-state index contributed by atoms with van der Waals surface area (Å²) < 4.78 is 0. The number of amides is 2. The highest BCUT2D eigenvalue weighted by Crippen LogP contribution is 2.14. The first-order valence-electron chi connectivity index (χ1n) is 6.24. The van der Waals surface area contributed by atoms with Gasteiger partial charge in [-0.15, -0.1) is 0 Å². The van der Waals surface area contributed by atoms with Crippen LogP contribution in [0.15, 0.2) is 36.3 Å². The standard InChI is InChI=1S/C14H17N3O4/c1-10(2)17(9-18)8-12(14(20)21)13(19)16(3)11-4-6-15-7-5-11/h4-10H,1-3H3,(H,20,21)/b12-8+. The molecule has 1 rings (SSSR count). The Morgan fingerprint density at radius 3 is 2.29 bits per heavy atom. The Bertz CT molecular complexity index is 555. The van der Waals surface area contributed by atoms with Gasteiger partial charge in [0.1, 0.15) is 5.57 Å². The van der Waals surface area contributed by atoms with Crippen molar-refractivity contribution in [3.05, 3.63) is 36.3 Å². The topological polar surface area (TPSA) is 90.8 Å². The van der Waals surface area contributed by atoms with Crippen LogP contribution in [0.25, 0.3) is 0 Å². The van der Waals surface area contributed by atoms with Crippen LogP contribution in [-0.2, 0) is 14.4 Å². The van der Waals surface area contributed by atoms with Crippen molar-refractivity contribution in [3.8, 4) is 0 Å². The number of carbonyl (C=O) groups excluding carboxylic acids is 2. The van der Waals surface area contributed by atoms with Crippen LogP contribution in [0.1, 0.15) is 13.8 Å². The first-order chi connectivity index (χ1) is 9.88. The number of anilines is 1. The summed E-state index contributed by atoms with van der Waals surface area (Å²) in [6.07, 6.45) is 4.51. The molecule has 0 aliphatic carbocycles. The SMILES string of the molecule is CC(C)N(C=O)/C=C(/C(=O)O)C(=O)N(C)c1ccncc1. The molecule has 0 aromatic carbocycles. The molecule has 7 heteroatoms. The van der Waals surface area contributed by atoms with E-state index in [2.05, 4.69) is 4.98 Å². The molecule has 2 amide bonds. The Labute approximate surface area is 122 Å². The monoisotopic (exact) mass is 291 g/mol. The first-order valence-corrected chi connectivity index (χ1v) is 6.24. The molecule has 0 fully saturated rings. The quantitative estimate of drug-likeness (QED) is 0.363. The summed E-state index contributed by atoms with van der Waals surface area (Å²) in [5, 5.41) is 9.19. The zero-order chi connectivity index (χ0) is 16.0. The van der Waals surface area contributed by atoms with Gasteiger partial charge in [-0.2, -0.15) is 0 Å². The summed E-state index contributed by atoms with van der Waals surface area (Å²) in [6.45, 7) is 3.42. The lowest BCUT2D eigenvalue weighted by atomic mass is 10.2. The first kappa shape index (κ1) is 16.4. The molecule has 1 heterocycles. The van der Waals surface area contributed by atoms with Crippen molar-refractivity contribution >= 4 is 24.0 Å². The van der Waals surface area contributed by atoms with Gasteiger partial charge in [0.2, 0.25) is 6.41 Å². The van der Waals surface area contributed by atoms with E-state index in [9.17, 15) is 19.5 Å². The smallest absolute Gasteiger partial charge is 0.342 e. The second kappa shape index (κ2) is 7.18. The number of carboxylic acids is 1. The molecule has 1 aromatic rings. The van der Waals surface area contributed by atoms with Gasteiger partial charge in [-0.3, -0.25) is 14.6 Å². The second-order valence-corrected chi connectivity index (χ2v) is 4.56. The van der Waals surface area contributed by atoms with E-state index >= 15 is 0 Å². The highest BCUT2D eigenvalue weighted by Gasteiger charge is 2.24. The predicted molar refractivity (Wildman–Crippen MR) is 76.4 cm³/mol. The molecule has 1 N–H and O–H groups in total. The lowest BCUT2D eigenvalue weighted by Crippen LogP contribution is -2.33. The van der Waals surface area contributed by atoms with Crippen LogP contribution in [0.5, 0.6) is 0 Å². The number of hydrogen-bond acceptors (Lipinski definition) is 4. The normalized spacial score (nSPS) is 11.1. The Hall–Kier alpha value is -2.70. The van der Waals surface area contributed by atoms with E-state index in [0.717, 1.165) is 11.1 Å². The number of aromatic nitrogens is 1. The molecule has 7 nitrogen and oxygen atoms in total. The fourth-order valence-corrected chi connectivity index (χ4v) is 1.52. The van der Waals surface area contributed by atoms with E-state index in [1.807, 2.05) is 0 Å². The average Bonchev–Trinajstić information content (AvgIpc) is 2.47. The van der Waals surface area contributed by atoms with Crippen LogP contribution in [-0.4, -0.2) is 46.4 Å². The number of nitrogens with zero attached hydrogens (tertiary/aromatic N) is 3. The van der Waals surface area contributed by atoms with Crippen molar-refractivity contribution in [3.63, 3.8) is 0 Å². The van der Waals surface area contributed by atoms with Gasteiger partial charge in [0.05, 0.1) is 0 Å². The summed E-state index contributed by atoms with van der Waals surface area (Å²) >= 11 is 0. The van der Waals surface area contributed by atoms with Crippen LogP contribution in [0.3, 0.4) is 0 Å². The molecular formula is C14H17N3O4. The fraction of sp³-hybridized carbons (Fsp3) is 0.286. The largest absolute Gasteiger partial charge is 0.477 e. The average molecular weight is 291 g/mol. The number of likely N-dealkylation sites (N-methyl/N-ethyl adjacent to an activating group) is 1. The summed E-state index contributed by atoms with van der Waals surface area (Å²) in [5.41, 5.74) is 0.0134. The molecule has 0 radical (unpaired) electrons. The summed E-state index contributed by atoms with van der Waals surface area (Å²) in [4.78, 5) is 40.6. The van der Waals surface area contributed by atoms with E-state index in [1.165, 1.54) is 24.3 Å². The Morgan fingerprint density at radius 1 is 1.29 bits per heavy atom. The minimum atomic E-state index is -1.39. The van der Waals surface area contributed by atoms with Crippen molar-refractivity contribution in [2.45, 2.75) is 19.9 Å². The minimum Gasteiger partial charge on any atom is -0.477 e. The molecule has 1 aromatic heterocycles. The van der Waals surface area contributed by atoms with Crippen LogP contribution in [0, 0.1) is 0 Å². The van der Waals surface area contributed by atoms with Crippen molar-refractivity contribution in [1.29, 1.82) is 0 Å². The third-order valence-electron chi connectivity index (χ3n) is 2.81. The number of pyridine rings is 1. The second-order valence-electron chi connectivity index (χ2n) is 4.56. The highest BCUT2D eigenvalue weighted by atomic mass is 16.4. The molecule has 0 aliphatic rings. The van der Waals surface area contributed by atoms with Crippen LogP contribution < -0.4 is 4.90 Å². The lowest BCUT2D eigenvalue weighted by Gasteiger charge is -2.21. The Kier molecular flexibility index (Phi) is 5.59. The minimum absolute atomic E-state index is 0.254. The zero-order valence-corrected chi connectivity index (χ0v) is 12.1. The number of carboxylic acid groups (broad SMARTS) is 1. The Balaban J connectivity index is 3.11. The van der Waals surface area contributed by atoms with Gasteiger partial charge in [-0.05, 0) is 26.0 Å². The Morgan fingerprint density at radius 2 is 1.86 bits per heavy atom. The molecule has 0 saturated heterocycles. The molecule has 112 valence electrons. The maximum absolute atomic E-state index is 12.3. The molecule has 0 atom stereocenters. The van der Waals surface area contributed by atoms with E-state index in [4.69, 9.17) is 0 Å². The highest BCUT2D eigenvalue weighted by molar-refractivity contribution is 6.21. The van der Waals surface area contributed by atoms with Crippen molar-refractivity contribution in [2.75, 3.05) is 11.9 Å². The zero-order valence-electron chi connectivity index (χ0n) is 12.1. The molecule has 0 aliphatic heterocycles. The van der Waals surface area contributed by atoms with Gasteiger partial charge in [0, 0.05) is 37.4 Å². The van der Waals surface area contributed by atoms with Gasteiger partial charge >= 0.3 is 5.97 Å².